The third-order valence-corrected chi connectivity index (χ3v) is 3.38. The maximum atomic E-state index is 11.8. The van der Waals surface area contributed by atoms with Gasteiger partial charge in [-0.15, -0.1) is 0 Å². The van der Waals surface area contributed by atoms with Gasteiger partial charge in [0.2, 0.25) is 0 Å². The molecule has 0 radical (unpaired) electrons. The molecule has 0 aliphatic carbocycles. The van der Waals surface area contributed by atoms with Crippen LogP contribution < -0.4 is 5.32 Å². The van der Waals surface area contributed by atoms with Gasteiger partial charge in [-0.25, -0.2) is 4.79 Å². The normalized spacial score (nSPS) is 16.3. The number of likely N-dealkylation sites (tertiary alicyclic amines) is 1. The van der Waals surface area contributed by atoms with E-state index in [1.165, 1.54) is 6.26 Å². The van der Waals surface area contributed by atoms with Crippen LogP contribution in [-0.2, 0) is 11.3 Å². The molecule has 1 aliphatic rings. The fourth-order valence-electron chi connectivity index (χ4n) is 1.82. The summed E-state index contributed by atoms with van der Waals surface area (Å²) in [6.07, 6.45) is 2.59. The lowest BCUT2D eigenvalue weighted by atomic mass is 10.0. The number of amides is 2. The van der Waals surface area contributed by atoms with Crippen molar-refractivity contribution in [1.29, 1.82) is 0 Å². The van der Waals surface area contributed by atoms with Gasteiger partial charge in [0.25, 0.3) is 0 Å². The first-order valence-electron chi connectivity index (χ1n) is 6.60. The molecule has 0 saturated carbocycles. The quantitative estimate of drug-likeness (QED) is 0.883. The number of carbonyl (C=O) groups excluding carboxylic acids is 1. The summed E-state index contributed by atoms with van der Waals surface area (Å²) in [7, 11) is 0. The van der Waals surface area contributed by atoms with Gasteiger partial charge in [0.1, 0.15) is 12.0 Å². The number of rotatable bonds is 5. The van der Waals surface area contributed by atoms with Crippen LogP contribution in [0.5, 0.6) is 0 Å². The van der Waals surface area contributed by atoms with Gasteiger partial charge < -0.3 is 19.5 Å². The summed E-state index contributed by atoms with van der Waals surface area (Å²) in [6, 6.07) is 1.64. The summed E-state index contributed by atoms with van der Waals surface area (Å²) in [6.45, 7) is 7.92. The average molecular weight is 267 g/mol. The first kappa shape index (κ1) is 13.9. The minimum absolute atomic E-state index is 0.0860. The number of nitrogens with one attached hydrogen (secondary N) is 1. The second-order valence-corrected chi connectivity index (χ2v) is 5.41. The molecular formula is C13H21N3O3. The van der Waals surface area contributed by atoms with Gasteiger partial charge in [-0.3, -0.25) is 0 Å². The molecule has 1 N–H and O–H groups in total. The first-order chi connectivity index (χ1) is 9.00. The molecule has 1 aliphatic heterocycles. The lowest BCUT2D eigenvalue weighted by Crippen LogP contribution is -2.59. The molecule has 2 heterocycles. The van der Waals surface area contributed by atoms with Crippen molar-refractivity contribution in [2.45, 2.75) is 45.4 Å². The molecule has 0 atom stereocenters. The zero-order valence-corrected chi connectivity index (χ0v) is 11.7. The van der Waals surface area contributed by atoms with Crippen molar-refractivity contribution >= 4 is 6.03 Å². The van der Waals surface area contributed by atoms with Gasteiger partial charge in [0, 0.05) is 6.07 Å². The van der Waals surface area contributed by atoms with Crippen LogP contribution in [0, 0.1) is 0 Å². The first-order valence-corrected chi connectivity index (χ1v) is 6.60. The minimum Gasteiger partial charge on any atom is -0.369 e. The van der Waals surface area contributed by atoms with Gasteiger partial charge in [-0.05, 0) is 20.3 Å². The standard InChI is InChI=1S/C13H21N3O3/c1-4-13(2,3)19-11-8-16(9-11)12(17)14-7-10-5-6-18-15-10/h5-6,11H,4,7-9H2,1-3H3,(H,14,17). The highest BCUT2D eigenvalue weighted by Gasteiger charge is 2.34. The molecule has 1 saturated heterocycles. The molecule has 6 heteroatoms. The second-order valence-electron chi connectivity index (χ2n) is 5.41. The van der Waals surface area contributed by atoms with E-state index < -0.39 is 0 Å². The highest BCUT2D eigenvalue weighted by Crippen LogP contribution is 2.21. The van der Waals surface area contributed by atoms with Crippen LogP contribution in [-0.4, -0.2) is 40.9 Å². The fraction of sp³-hybridized carbons (Fsp3) is 0.692. The fourth-order valence-corrected chi connectivity index (χ4v) is 1.82. The van der Waals surface area contributed by atoms with E-state index in [0.717, 1.165) is 6.42 Å². The summed E-state index contributed by atoms with van der Waals surface area (Å²) in [5.41, 5.74) is 0.599. The Bertz CT molecular complexity index is 411. The molecule has 19 heavy (non-hydrogen) atoms. The van der Waals surface area contributed by atoms with E-state index in [9.17, 15) is 4.79 Å². The van der Waals surface area contributed by atoms with Crippen LogP contribution in [0.25, 0.3) is 0 Å². The molecule has 2 rings (SSSR count). The Hall–Kier alpha value is -1.56. The van der Waals surface area contributed by atoms with Crippen molar-refractivity contribution in [3.63, 3.8) is 0 Å². The molecule has 106 valence electrons. The van der Waals surface area contributed by atoms with Gasteiger partial charge in [0.15, 0.2) is 0 Å². The summed E-state index contributed by atoms with van der Waals surface area (Å²) in [5.74, 6) is 0. The van der Waals surface area contributed by atoms with Crippen LogP contribution in [0.4, 0.5) is 4.79 Å². The van der Waals surface area contributed by atoms with E-state index >= 15 is 0 Å². The van der Waals surface area contributed by atoms with Crippen LogP contribution >= 0.6 is 0 Å². The third kappa shape index (κ3) is 3.70. The van der Waals surface area contributed by atoms with E-state index in [2.05, 4.69) is 31.2 Å². The summed E-state index contributed by atoms with van der Waals surface area (Å²) < 4.78 is 10.6. The predicted octanol–water partition coefficient (Wildman–Crippen LogP) is 1.77. The number of hydrogen-bond donors (Lipinski definition) is 1. The highest BCUT2D eigenvalue weighted by molar-refractivity contribution is 5.75. The molecule has 0 spiro atoms. The molecule has 1 fully saturated rings. The van der Waals surface area contributed by atoms with Crippen molar-refractivity contribution in [3.8, 4) is 0 Å². The Morgan fingerprint density at radius 3 is 2.95 bits per heavy atom. The van der Waals surface area contributed by atoms with Crippen LogP contribution in [0.15, 0.2) is 16.9 Å². The summed E-state index contributed by atoms with van der Waals surface area (Å²) in [4.78, 5) is 13.5. The van der Waals surface area contributed by atoms with Crippen molar-refractivity contribution in [1.82, 2.24) is 15.4 Å². The Morgan fingerprint density at radius 1 is 1.63 bits per heavy atom. The van der Waals surface area contributed by atoms with Gasteiger partial charge in [0.05, 0.1) is 31.3 Å². The van der Waals surface area contributed by atoms with E-state index in [1.807, 2.05) is 0 Å². The lowest BCUT2D eigenvalue weighted by molar-refractivity contribution is -0.121. The molecule has 2 amide bonds. The predicted molar refractivity (Wildman–Crippen MR) is 69.6 cm³/mol. The van der Waals surface area contributed by atoms with Gasteiger partial charge in [-0.1, -0.05) is 12.1 Å². The number of urea groups is 1. The molecule has 0 bridgehead atoms. The van der Waals surface area contributed by atoms with Gasteiger partial charge in [-0.2, -0.15) is 0 Å². The number of nitrogens with zero attached hydrogens (tertiary/aromatic N) is 2. The van der Waals surface area contributed by atoms with E-state index in [-0.39, 0.29) is 17.7 Å². The highest BCUT2D eigenvalue weighted by atomic mass is 16.5. The zero-order chi connectivity index (χ0) is 13.9. The minimum atomic E-state index is -0.117. The smallest absolute Gasteiger partial charge is 0.317 e. The Balaban J connectivity index is 1.67. The van der Waals surface area contributed by atoms with Crippen molar-refractivity contribution in [3.05, 3.63) is 18.0 Å². The molecular weight excluding hydrogens is 246 g/mol. The Labute approximate surface area is 113 Å². The number of carbonyl (C=O) groups is 1. The second kappa shape index (κ2) is 5.61. The maximum Gasteiger partial charge on any atom is 0.317 e. The average Bonchev–Trinajstić information content (AvgIpc) is 2.83. The topological polar surface area (TPSA) is 67.6 Å². The molecule has 6 nitrogen and oxygen atoms in total. The number of aromatic nitrogens is 1. The third-order valence-electron chi connectivity index (χ3n) is 3.38. The lowest BCUT2D eigenvalue weighted by Gasteiger charge is -2.42. The van der Waals surface area contributed by atoms with Crippen molar-refractivity contribution in [2.75, 3.05) is 13.1 Å². The molecule has 1 aromatic rings. The van der Waals surface area contributed by atoms with Crippen LogP contribution in [0.1, 0.15) is 32.9 Å². The van der Waals surface area contributed by atoms with Crippen molar-refractivity contribution in [2.24, 2.45) is 0 Å². The number of hydrogen-bond acceptors (Lipinski definition) is 4. The van der Waals surface area contributed by atoms with Crippen molar-refractivity contribution < 1.29 is 14.1 Å². The van der Waals surface area contributed by atoms with Crippen LogP contribution in [0.3, 0.4) is 0 Å². The molecule has 0 aromatic carbocycles. The van der Waals surface area contributed by atoms with E-state index in [1.54, 1.807) is 11.0 Å². The molecule has 1 aromatic heterocycles. The van der Waals surface area contributed by atoms with Crippen LogP contribution in [0.2, 0.25) is 0 Å². The molecule has 0 unspecified atom stereocenters. The van der Waals surface area contributed by atoms with E-state index in [0.29, 0.717) is 25.3 Å². The Morgan fingerprint density at radius 2 is 2.37 bits per heavy atom. The zero-order valence-electron chi connectivity index (χ0n) is 11.7. The number of ether oxygens (including phenoxy) is 1. The Kier molecular flexibility index (Phi) is 4.09. The SMILES string of the molecule is CCC(C)(C)OC1CN(C(=O)NCc2ccon2)C1. The van der Waals surface area contributed by atoms with Gasteiger partial charge >= 0.3 is 6.03 Å². The summed E-state index contributed by atoms with van der Waals surface area (Å²) >= 11 is 0. The monoisotopic (exact) mass is 267 g/mol. The largest absolute Gasteiger partial charge is 0.369 e. The van der Waals surface area contributed by atoms with E-state index in [4.69, 9.17) is 9.26 Å². The summed E-state index contributed by atoms with van der Waals surface area (Å²) in [5, 5.41) is 6.53. The maximum absolute atomic E-state index is 11.8.